The van der Waals surface area contributed by atoms with Gasteiger partial charge in [-0.05, 0) is 12.1 Å². The van der Waals surface area contributed by atoms with Gasteiger partial charge in [0.15, 0.2) is 0 Å². The SMILES string of the molecule is NNC(=O)C1CC(=O)N(c2ccccc2F)C1. The maximum absolute atomic E-state index is 13.5. The van der Waals surface area contributed by atoms with E-state index in [1.165, 1.54) is 17.0 Å². The number of benzene rings is 1. The van der Waals surface area contributed by atoms with Crippen molar-refractivity contribution in [2.75, 3.05) is 11.4 Å². The number of nitrogens with two attached hydrogens (primary N) is 1. The molecule has 2 rings (SSSR count). The number of hydrazine groups is 1. The third kappa shape index (κ3) is 2.12. The number of para-hydroxylation sites is 1. The lowest BCUT2D eigenvalue weighted by molar-refractivity contribution is -0.126. The van der Waals surface area contributed by atoms with E-state index in [1.54, 1.807) is 12.1 Å². The normalized spacial score (nSPS) is 19.5. The predicted octanol–water partition coefficient (Wildman–Crippen LogP) is 0.168. The minimum absolute atomic E-state index is 0.0529. The van der Waals surface area contributed by atoms with Crippen molar-refractivity contribution >= 4 is 17.5 Å². The molecule has 6 heteroatoms. The molecule has 0 spiro atoms. The van der Waals surface area contributed by atoms with Crippen LogP contribution in [-0.2, 0) is 9.59 Å². The lowest BCUT2D eigenvalue weighted by Crippen LogP contribution is -2.37. The minimum atomic E-state index is -0.521. The first-order valence-corrected chi connectivity index (χ1v) is 5.19. The third-order valence-electron chi connectivity index (χ3n) is 2.78. The first-order chi connectivity index (χ1) is 8.13. The van der Waals surface area contributed by atoms with Gasteiger partial charge in [-0.25, -0.2) is 10.2 Å². The van der Waals surface area contributed by atoms with Crippen molar-refractivity contribution in [1.29, 1.82) is 0 Å². The highest BCUT2D eigenvalue weighted by atomic mass is 19.1. The standard InChI is InChI=1S/C11H12FN3O2/c12-8-3-1-2-4-9(8)15-6-7(5-10(15)16)11(17)14-13/h1-4,7H,5-6,13H2,(H,14,17). The Morgan fingerprint density at radius 3 is 2.82 bits per heavy atom. The van der Waals surface area contributed by atoms with Gasteiger partial charge in [-0.1, -0.05) is 12.1 Å². The van der Waals surface area contributed by atoms with E-state index < -0.39 is 17.6 Å². The summed E-state index contributed by atoms with van der Waals surface area (Å²) in [4.78, 5) is 24.3. The second-order valence-electron chi connectivity index (χ2n) is 3.87. The van der Waals surface area contributed by atoms with Crippen molar-refractivity contribution in [3.63, 3.8) is 0 Å². The topological polar surface area (TPSA) is 75.4 Å². The fourth-order valence-corrected chi connectivity index (χ4v) is 1.90. The molecule has 17 heavy (non-hydrogen) atoms. The van der Waals surface area contributed by atoms with Crippen LogP contribution >= 0.6 is 0 Å². The number of nitrogens with one attached hydrogen (secondary N) is 1. The Kier molecular flexibility index (Phi) is 3.06. The van der Waals surface area contributed by atoms with Gasteiger partial charge in [0.25, 0.3) is 0 Å². The number of hydrogen-bond donors (Lipinski definition) is 2. The predicted molar refractivity (Wildman–Crippen MR) is 59.2 cm³/mol. The second-order valence-corrected chi connectivity index (χ2v) is 3.87. The van der Waals surface area contributed by atoms with Crippen LogP contribution < -0.4 is 16.2 Å². The first kappa shape index (κ1) is 11.5. The van der Waals surface area contributed by atoms with Gasteiger partial charge in [0.1, 0.15) is 5.82 Å². The maximum atomic E-state index is 13.5. The minimum Gasteiger partial charge on any atom is -0.309 e. The van der Waals surface area contributed by atoms with Crippen LogP contribution in [0.4, 0.5) is 10.1 Å². The average Bonchev–Trinajstić information content (AvgIpc) is 2.71. The van der Waals surface area contributed by atoms with Gasteiger partial charge in [0, 0.05) is 13.0 Å². The number of halogens is 1. The van der Waals surface area contributed by atoms with Crippen LogP contribution in [-0.4, -0.2) is 18.4 Å². The molecule has 1 atom stereocenters. The van der Waals surface area contributed by atoms with E-state index in [2.05, 4.69) is 0 Å². The van der Waals surface area contributed by atoms with E-state index in [-0.39, 0.29) is 24.6 Å². The number of carbonyl (C=O) groups is 2. The molecule has 1 aliphatic rings. The van der Waals surface area contributed by atoms with Crippen molar-refractivity contribution < 1.29 is 14.0 Å². The van der Waals surface area contributed by atoms with E-state index in [0.717, 1.165) is 0 Å². The van der Waals surface area contributed by atoms with Crippen LogP contribution in [0, 0.1) is 11.7 Å². The molecular weight excluding hydrogens is 225 g/mol. The summed E-state index contributed by atoms with van der Waals surface area (Å²) in [5.41, 5.74) is 2.20. The number of amides is 2. The molecule has 1 aromatic rings. The zero-order chi connectivity index (χ0) is 12.4. The van der Waals surface area contributed by atoms with Gasteiger partial charge < -0.3 is 4.90 Å². The fourth-order valence-electron chi connectivity index (χ4n) is 1.90. The molecule has 0 aliphatic carbocycles. The van der Waals surface area contributed by atoms with Crippen molar-refractivity contribution in [2.45, 2.75) is 6.42 Å². The van der Waals surface area contributed by atoms with Gasteiger partial charge >= 0.3 is 0 Å². The Balaban J connectivity index is 2.22. The highest BCUT2D eigenvalue weighted by molar-refractivity contribution is 6.00. The average molecular weight is 237 g/mol. The van der Waals surface area contributed by atoms with Gasteiger partial charge in [-0.3, -0.25) is 15.0 Å². The molecule has 1 heterocycles. The van der Waals surface area contributed by atoms with Gasteiger partial charge in [0.05, 0.1) is 11.6 Å². The monoisotopic (exact) mass is 237 g/mol. The summed E-state index contributed by atoms with van der Waals surface area (Å²) in [5.74, 6) is 3.33. The maximum Gasteiger partial charge on any atom is 0.239 e. The smallest absolute Gasteiger partial charge is 0.239 e. The Morgan fingerprint density at radius 2 is 2.18 bits per heavy atom. The molecule has 1 unspecified atom stereocenters. The number of rotatable bonds is 2. The van der Waals surface area contributed by atoms with Crippen LogP contribution in [0.2, 0.25) is 0 Å². The van der Waals surface area contributed by atoms with Gasteiger partial charge in [-0.15, -0.1) is 0 Å². The molecule has 5 nitrogen and oxygen atoms in total. The molecule has 0 aromatic heterocycles. The van der Waals surface area contributed by atoms with E-state index >= 15 is 0 Å². The van der Waals surface area contributed by atoms with E-state index in [9.17, 15) is 14.0 Å². The summed E-state index contributed by atoms with van der Waals surface area (Å²) in [6.07, 6.45) is 0.0529. The zero-order valence-electron chi connectivity index (χ0n) is 9.02. The van der Waals surface area contributed by atoms with E-state index in [4.69, 9.17) is 5.84 Å². The number of hydrogen-bond acceptors (Lipinski definition) is 3. The Hall–Kier alpha value is -1.95. The highest BCUT2D eigenvalue weighted by Crippen LogP contribution is 2.27. The molecular formula is C11H12FN3O2. The Morgan fingerprint density at radius 1 is 1.47 bits per heavy atom. The van der Waals surface area contributed by atoms with E-state index in [0.29, 0.717) is 0 Å². The first-order valence-electron chi connectivity index (χ1n) is 5.19. The fraction of sp³-hybridized carbons (Fsp3) is 0.273. The van der Waals surface area contributed by atoms with Crippen molar-refractivity contribution in [3.8, 4) is 0 Å². The Bertz CT molecular complexity index is 464. The van der Waals surface area contributed by atoms with E-state index in [1.807, 2.05) is 5.43 Å². The van der Waals surface area contributed by atoms with Crippen LogP contribution in [0.15, 0.2) is 24.3 Å². The summed E-state index contributed by atoms with van der Waals surface area (Å²) in [6.45, 7) is 0.156. The number of anilines is 1. The molecule has 1 fully saturated rings. The zero-order valence-corrected chi connectivity index (χ0v) is 9.02. The van der Waals surface area contributed by atoms with Crippen LogP contribution in [0.1, 0.15) is 6.42 Å². The van der Waals surface area contributed by atoms with Gasteiger partial charge in [0.2, 0.25) is 11.8 Å². The highest BCUT2D eigenvalue weighted by Gasteiger charge is 2.35. The van der Waals surface area contributed by atoms with Gasteiger partial charge in [-0.2, -0.15) is 0 Å². The summed E-state index contributed by atoms with van der Waals surface area (Å²) in [5, 5.41) is 0. The van der Waals surface area contributed by atoms with Crippen molar-refractivity contribution in [2.24, 2.45) is 11.8 Å². The number of nitrogens with zero attached hydrogens (tertiary/aromatic N) is 1. The van der Waals surface area contributed by atoms with Crippen molar-refractivity contribution in [3.05, 3.63) is 30.1 Å². The molecule has 0 radical (unpaired) electrons. The van der Waals surface area contributed by atoms with Crippen LogP contribution in [0.25, 0.3) is 0 Å². The molecule has 2 amide bonds. The molecule has 3 N–H and O–H groups in total. The third-order valence-corrected chi connectivity index (χ3v) is 2.78. The summed E-state index contributed by atoms with van der Waals surface area (Å²) < 4.78 is 13.5. The summed E-state index contributed by atoms with van der Waals surface area (Å²) >= 11 is 0. The number of carbonyl (C=O) groups excluding carboxylic acids is 2. The molecule has 1 aliphatic heterocycles. The summed E-state index contributed by atoms with van der Waals surface area (Å²) in [6, 6.07) is 5.97. The Labute approximate surface area is 97.4 Å². The lowest BCUT2D eigenvalue weighted by atomic mass is 10.1. The largest absolute Gasteiger partial charge is 0.309 e. The molecule has 0 bridgehead atoms. The second kappa shape index (κ2) is 4.50. The van der Waals surface area contributed by atoms with Crippen molar-refractivity contribution in [1.82, 2.24) is 5.43 Å². The quantitative estimate of drug-likeness (QED) is 0.437. The lowest BCUT2D eigenvalue weighted by Gasteiger charge is -2.16. The summed E-state index contributed by atoms with van der Waals surface area (Å²) in [7, 11) is 0. The molecule has 0 saturated carbocycles. The molecule has 1 saturated heterocycles. The van der Waals surface area contributed by atoms with Crippen LogP contribution in [0.3, 0.4) is 0 Å². The molecule has 90 valence electrons. The van der Waals surface area contributed by atoms with Crippen LogP contribution in [0.5, 0.6) is 0 Å². The molecule has 1 aromatic carbocycles.